The summed E-state index contributed by atoms with van der Waals surface area (Å²) >= 11 is 0. The number of aromatic nitrogens is 2. The van der Waals surface area contributed by atoms with Gasteiger partial charge in [-0.25, -0.2) is 4.98 Å². The van der Waals surface area contributed by atoms with Gasteiger partial charge in [0, 0.05) is 16.9 Å². The third-order valence-corrected chi connectivity index (χ3v) is 2.72. The minimum Gasteiger partial charge on any atom is -0.399 e. The zero-order chi connectivity index (χ0) is 11.8. The molecule has 3 aromatic rings. The Labute approximate surface area is 98.3 Å². The zero-order valence-electron chi connectivity index (χ0n) is 9.14. The number of nitrogens with zero attached hydrogens (tertiary/aromatic N) is 1. The van der Waals surface area contributed by atoms with Gasteiger partial charge in [-0.05, 0) is 30.3 Å². The second-order valence-corrected chi connectivity index (χ2v) is 3.95. The summed E-state index contributed by atoms with van der Waals surface area (Å²) < 4.78 is 0. The van der Waals surface area contributed by atoms with Crippen molar-refractivity contribution in [3.8, 4) is 11.4 Å². The molecule has 2 aromatic carbocycles. The minimum absolute atomic E-state index is 0.629. The molecule has 0 aliphatic carbocycles. The third-order valence-electron chi connectivity index (χ3n) is 2.72. The number of nitrogens with two attached hydrogens (primary N) is 2. The van der Waals surface area contributed by atoms with Crippen LogP contribution in [-0.2, 0) is 0 Å². The van der Waals surface area contributed by atoms with Crippen LogP contribution in [0.5, 0.6) is 0 Å². The number of hydrogen-bond donors (Lipinski definition) is 3. The lowest BCUT2D eigenvalue weighted by Crippen LogP contribution is -1.93. The first-order chi connectivity index (χ1) is 8.24. The standard InChI is InChI=1S/C13H12N4/c14-8-5-6-9(10(15)7-8)13-16-11-3-1-2-4-12(11)17-13/h1-7H,14-15H2,(H,16,17). The highest BCUT2D eigenvalue weighted by Gasteiger charge is 2.07. The van der Waals surface area contributed by atoms with Crippen molar-refractivity contribution in [3.63, 3.8) is 0 Å². The molecule has 0 atom stereocenters. The van der Waals surface area contributed by atoms with Crippen LogP contribution in [0.1, 0.15) is 0 Å². The van der Waals surface area contributed by atoms with Gasteiger partial charge in [-0.3, -0.25) is 0 Å². The van der Waals surface area contributed by atoms with E-state index in [1.54, 1.807) is 6.07 Å². The number of H-pyrrole nitrogens is 1. The van der Waals surface area contributed by atoms with Crippen LogP contribution >= 0.6 is 0 Å². The van der Waals surface area contributed by atoms with Crippen molar-refractivity contribution in [2.45, 2.75) is 0 Å². The molecule has 0 saturated carbocycles. The van der Waals surface area contributed by atoms with Crippen molar-refractivity contribution in [3.05, 3.63) is 42.5 Å². The van der Waals surface area contributed by atoms with Gasteiger partial charge in [0.05, 0.1) is 11.0 Å². The number of aromatic amines is 1. The largest absolute Gasteiger partial charge is 0.399 e. The maximum absolute atomic E-state index is 5.94. The van der Waals surface area contributed by atoms with Crippen LogP contribution in [0.3, 0.4) is 0 Å². The fourth-order valence-corrected chi connectivity index (χ4v) is 1.88. The Kier molecular flexibility index (Phi) is 2.01. The first-order valence-corrected chi connectivity index (χ1v) is 5.34. The lowest BCUT2D eigenvalue weighted by atomic mass is 10.1. The van der Waals surface area contributed by atoms with Gasteiger partial charge in [0.2, 0.25) is 0 Å². The minimum atomic E-state index is 0.629. The highest BCUT2D eigenvalue weighted by atomic mass is 14.9. The first-order valence-electron chi connectivity index (χ1n) is 5.34. The van der Waals surface area contributed by atoms with E-state index in [1.165, 1.54) is 0 Å². The molecule has 4 heteroatoms. The summed E-state index contributed by atoms with van der Waals surface area (Å²) in [5, 5.41) is 0. The molecule has 0 aliphatic rings. The van der Waals surface area contributed by atoms with E-state index in [-0.39, 0.29) is 0 Å². The third kappa shape index (κ3) is 1.59. The number of imidazole rings is 1. The molecule has 0 radical (unpaired) electrons. The first kappa shape index (κ1) is 9.72. The van der Waals surface area contributed by atoms with Crippen molar-refractivity contribution in [2.24, 2.45) is 0 Å². The molecule has 1 heterocycles. The number of nitrogen functional groups attached to an aromatic ring is 2. The molecule has 84 valence electrons. The Hall–Kier alpha value is -2.49. The molecule has 0 saturated heterocycles. The number of benzene rings is 2. The van der Waals surface area contributed by atoms with Gasteiger partial charge in [0.1, 0.15) is 5.82 Å². The van der Waals surface area contributed by atoms with Crippen molar-refractivity contribution >= 4 is 22.4 Å². The van der Waals surface area contributed by atoms with Crippen LogP contribution in [0, 0.1) is 0 Å². The number of hydrogen-bond acceptors (Lipinski definition) is 3. The number of fused-ring (bicyclic) bond motifs is 1. The normalized spacial score (nSPS) is 10.8. The molecule has 4 nitrogen and oxygen atoms in total. The van der Waals surface area contributed by atoms with Crippen LogP contribution < -0.4 is 11.5 Å². The molecule has 0 bridgehead atoms. The highest BCUT2D eigenvalue weighted by Crippen LogP contribution is 2.27. The molecule has 0 spiro atoms. The monoisotopic (exact) mass is 224 g/mol. The van der Waals surface area contributed by atoms with E-state index in [4.69, 9.17) is 11.5 Å². The second-order valence-electron chi connectivity index (χ2n) is 3.95. The van der Waals surface area contributed by atoms with Crippen LogP contribution in [0.25, 0.3) is 22.4 Å². The van der Waals surface area contributed by atoms with E-state index in [0.717, 1.165) is 22.4 Å². The van der Waals surface area contributed by atoms with Gasteiger partial charge in [-0.1, -0.05) is 12.1 Å². The van der Waals surface area contributed by atoms with E-state index >= 15 is 0 Å². The maximum Gasteiger partial charge on any atom is 0.140 e. The molecule has 0 aliphatic heterocycles. The Balaban J connectivity index is 2.20. The topological polar surface area (TPSA) is 80.7 Å². The summed E-state index contributed by atoms with van der Waals surface area (Å²) in [4.78, 5) is 7.74. The highest BCUT2D eigenvalue weighted by molar-refractivity contribution is 5.83. The fourth-order valence-electron chi connectivity index (χ4n) is 1.88. The van der Waals surface area contributed by atoms with E-state index in [0.29, 0.717) is 11.4 Å². The molecule has 17 heavy (non-hydrogen) atoms. The van der Waals surface area contributed by atoms with Crippen molar-refractivity contribution in [1.29, 1.82) is 0 Å². The van der Waals surface area contributed by atoms with Gasteiger partial charge in [0.15, 0.2) is 0 Å². The van der Waals surface area contributed by atoms with Crippen molar-refractivity contribution in [1.82, 2.24) is 9.97 Å². The molecule has 0 amide bonds. The smallest absolute Gasteiger partial charge is 0.140 e. The number of anilines is 2. The summed E-state index contributed by atoms with van der Waals surface area (Å²) in [5.74, 6) is 0.767. The average molecular weight is 224 g/mol. The lowest BCUT2D eigenvalue weighted by molar-refractivity contribution is 1.34. The summed E-state index contributed by atoms with van der Waals surface area (Å²) in [6.07, 6.45) is 0. The predicted molar refractivity (Wildman–Crippen MR) is 70.4 cm³/mol. The molecule has 0 fully saturated rings. The van der Waals surface area contributed by atoms with Crippen LogP contribution in [0.4, 0.5) is 11.4 Å². The summed E-state index contributed by atoms with van der Waals surface area (Å²) in [6.45, 7) is 0. The van der Waals surface area contributed by atoms with Crippen LogP contribution in [0.2, 0.25) is 0 Å². The second kappa shape index (κ2) is 3.52. The molecule has 1 aromatic heterocycles. The zero-order valence-corrected chi connectivity index (χ0v) is 9.14. The SMILES string of the molecule is Nc1ccc(-c2nc3ccccc3[nH]2)c(N)c1. The van der Waals surface area contributed by atoms with E-state index in [2.05, 4.69) is 9.97 Å². The van der Waals surface area contributed by atoms with Crippen molar-refractivity contribution < 1.29 is 0 Å². The number of para-hydroxylation sites is 2. The summed E-state index contributed by atoms with van der Waals surface area (Å²) in [7, 11) is 0. The van der Waals surface area contributed by atoms with Gasteiger partial charge >= 0.3 is 0 Å². The molecule has 0 unspecified atom stereocenters. The van der Waals surface area contributed by atoms with Gasteiger partial charge in [-0.2, -0.15) is 0 Å². The lowest BCUT2D eigenvalue weighted by Gasteiger charge is -2.02. The van der Waals surface area contributed by atoms with E-state index < -0.39 is 0 Å². The van der Waals surface area contributed by atoms with Crippen LogP contribution in [-0.4, -0.2) is 9.97 Å². The summed E-state index contributed by atoms with van der Waals surface area (Å²) in [5.41, 5.74) is 15.7. The predicted octanol–water partition coefficient (Wildman–Crippen LogP) is 2.39. The quantitative estimate of drug-likeness (QED) is 0.555. The van der Waals surface area contributed by atoms with Gasteiger partial charge in [-0.15, -0.1) is 0 Å². The Bertz CT molecular complexity index is 652. The van der Waals surface area contributed by atoms with Crippen molar-refractivity contribution in [2.75, 3.05) is 11.5 Å². The number of nitrogens with one attached hydrogen (secondary N) is 1. The fraction of sp³-hybridized carbons (Fsp3) is 0. The molecular weight excluding hydrogens is 212 g/mol. The van der Waals surface area contributed by atoms with E-state index in [9.17, 15) is 0 Å². The Morgan fingerprint density at radius 2 is 1.82 bits per heavy atom. The molecule has 5 N–H and O–H groups in total. The van der Waals surface area contributed by atoms with E-state index in [1.807, 2.05) is 36.4 Å². The molecular formula is C13H12N4. The maximum atomic E-state index is 5.94. The van der Waals surface area contributed by atoms with Gasteiger partial charge in [0.25, 0.3) is 0 Å². The summed E-state index contributed by atoms with van der Waals surface area (Å²) in [6, 6.07) is 13.3. The average Bonchev–Trinajstić information content (AvgIpc) is 2.72. The Morgan fingerprint density at radius 1 is 1.00 bits per heavy atom. The Morgan fingerprint density at radius 3 is 2.59 bits per heavy atom. The van der Waals surface area contributed by atoms with Gasteiger partial charge < -0.3 is 16.5 Å². The molecule has 3 rings (SSSR count). The number of rotatable bonds is 1. The van der Waals surface area contributed by atoms with Crippen LogP contribution in [0.15, 0.2) is 42.5 Å².